The van der Waals surface area contributed by atoms with Gasteiger partial charge >= 0.3 is 35.5 Å². The molecule has 0 aliphatic carbocycles. The largest absolute Gasteiger partial charge is 1.00 e. The Morgan fingerprint density at radius 1 is 1.31 bits per heavy atom. The maximum atomic E-state index is 12.8. The Bertz CT molecular complexity index is 828. The second kappa shape index (κ2) is 9.05. The summed E-state index contributed by atoms with van der Waals surface area (Å²) in [5, 5.41) is 14.2. The number of nitrogens with two attached hydrogens (primary N) is 1. The molecule has 5 N–H and O–H groups in total. The smallest absolute Gasteiger partial charge is 1.00 e. The fraction of sp³-hybridized carbons (Fsp3) is 0.444. The van der Waals surface area contributed by atoms with Crippen LogP contribution in [0.5, 0.6) is 0 Å². The number of carbonyl (C=O) groups is 4. The minimum atomic E-state index is -1.07. The molecule has 29 heavy (non-hydrogen) atoms. The van der Waals surface area contributed by atoms with Crippen LogP contribution < -0.4 is 45.9 Å². The Hall–Kier alpha value is -1.59. The fourth-order valence-corrected chi connectivity index (χ4v) is 5.17. The van der Waals surface area contributed by atoms with Crippen LogP contribution in [0.4, 0.5) is 0 Å². The molecule has 0 spiro atoms. The monoisotopic (exact) mass is 430 g/mol. The molecule has 4 atom stereocenters. The van der Waals surface area contributed by atoms with Gasteiger partial charge in [-0.3, -0.25) is 14.4 Å². The van der Waals surface area contributed by atoms with E-state index in [1.165, 1.54) is 16.7 Å². The number of rotatable bonds is 6. The molecule has 3 rings (SSSR count). The van der Waals surface area contributed by atoms with Gasteiger partial charge in [0, 0.05) is 4.75 Å². The first kappa shape index (κ1) is 23.7. The number of benzene rings is 1. The van der Waals surface area contributed by atoms with E-state index in [1.54, 1.807) is 44.2 Å². The van der Waals surface area contributed by atoms with Crippen LogP contribution in [0.3, 0.4) is 0 Å². The number of amides is 3. The standard InChI is InChI=1S/C18H22N4O5S.Na.H/c1-18(2)13(17(26)27)22-15(25)12(16(22)28-18)21-14(24)11(20-10(23)8-19)9-6-4-3-5-7-9;;/h3-7,11-13,16H,8,19H2,1-2H3,(H,20,23)(H,21,24)(H,26,27);;/q;+1;-1/t11?,12?,13-,16+;;/m0../s1. The van der Waals surface area contributed by atoms with Gasteiger partial charge in [0.15, 0.2) is 0 Å². The predicted octanol–water partition coefficient (Wildman–Crippen LogP) is -3.45. The third-order valence-corrected chi connectivity index (χ3v) is 6.43. The zero-order valence-corrected chi connectivity index (χ0v) is 19.2. The Morgan fingerprint density at radius 3 is 2.48 bits per heavy atom. The normalized spacial score (nSPS) is 25.1. The summed E-state index contributed by atoms with van der Waals surface area (Å²) in [6.45, 7) is 3.24. The van der Waals surface area contributed by atoms with Gasteiger partial charge in [0.1, 0.15) is 23.5 Å². The Labute approximate surface area is 195 Å². The predicted molar refractivity (Wildman–Crippen MR) is 103 cm³/mol. The molecule has 11 heteroatoms. The SMILES string of the molecule is CC1(C)S[C@@H]2C(NC(=O)C(NC(=O)CN)c3ccccc3)C(=O)N2[C@H]1C(=O)O.[H-].[Na+]. The molecule has 2 fully saturated rings. The van der Waals surface area contributed by atoms with E-state index in [2.05, 4.69) is 10.6 Å². The van der Waals surface area contributed by atoms with Crippen LogP contribution in [0.2, 0.25) is 0 Å². The Morgan fingerprint density at radius 2 is 1.93 bits per heavy atom. The summed E-state index contributed by atoms with van der Waals surface area (Å²) in [6, 6.07) is 5.80. The van der Waals surface area contributed by atoms with Crippen LogP contribution in [-0.2, 0) is 19.2 Å². The van der Waals surface area contributed by atoms with Gasteiger partial charge in [-0.1, -0.05) is 30.3 Å². The van der Waals surface area contributed by atoms with Gasteiger partial charge in [-0.25, -0.2) is 4.79 Å². The second-order valence-corrected chi connectivity index (χ2v) is 8.97. The van der Waals surface area contributed by atoms with Gasteiger partial charge in [0.25, 0.3) is 0 Å². The Balaban J connectivity index is 0.00000225. The third-order valence-electron chi connectivity index (χ3n) is 4.86. The summed E-state index contributed by atoms with van der Waals surface area (Å²) in [7, 11) is 0. The molecule has 1 aromatic carbocycles. The van der Waals surface area contributed by atoms with Crippen molar-refractivity contribution in [2.24, 2.45) is 5.73 Å². The summed E-state index contributed by atoms with van der Waals surface area (Å²) in [4.78, 5) is 50.0. The average molecular weight is 430 g/mol. The van der Waals surface area contributed by atoms with E-state index >= 15 is 0 Å². The molecule has 2 aliphatic rings. The quantitative estimate of drug-likeness (QED) is 0.272. The van der Waals surface area contributed by atoms with Crippen molar-refractivity contribution < 1.29 is 55.3 Å². The molecule has 0 aromatic heterocycles. The van der Waals surface area contributed by atoms with E-state index in [0.717, 1.165) is 0 Å². The molecule has 2 unspecified atom stereocenters. The topological polar surface area (TPSA) is 142 Å². The maximum absolute atomic E-state index is 12.8. The van der Waals surface area contributed by atoms with Gasteiger partial charge in [-0.15, -0.1) is 11.8 Å². The van der Waals surface area contributed by atoms with Gasteiger partial charge in [-0.05, 0) is 19.4 Å². The number of aliphatic carboxylic acids is 1. The first-order valence-electron chi connectivity index (χ1n) is 8.75. The zero-order valence-electron chi connectivity index (χ0n) is 17.4. The summed E-state index contributed by atoms with van der Waals surface area (Å²) in [5.41, 5.74) is 5.89. The van der Waals surface area contributed by atoms with Crippen molar-refractivity contribution in [2.75, 3.05) is 6.54 Å². The third kappa shape index (κ3) is 4.46. The van der Waals surface area contributed by atoms with Crippen LogP contribution in [0.15, 0.2) is 30.3 Å². The number of nitrogens with one attached hydrogen (secondary N) is 2. The number of carboxylic acid groups (broad SMARTS) is 1. The Kier molecular flexibility index (Phi) is 7.39. The van der Waals surface area contributed by atoms with E-state index in [-0.39, 0.29) is 37.5 Å². The van der Waals surface area contributed by atoms with Gasteiger partial charge in [0.05, 0.1) is 6.54 Å². The first-order chi connectivity index (χ1) is 13.2. The molecule has 1 aromatic rings. The van der Waals surface area contributed by atoms with E-state index in [4.69, 9.17) is 5.73 Å². The van der Waals surface area contributed by atoms with E-state index in [1.807, 2.05) is 0 Å². The molecular formula is C18H23N4NaO5S. The summed E-state index contributed by atoms with van der Waals surface area (Å²) in [5.74, 6) is -2.58. The summed E-state index contributed by atoms with van der Waals surface area (Å²) >= 11 is 1.34. The molecule has 3 amide bonds. The molecule has 0 radical (unpaired) electrons. The number of thioether (sulfide) groups is 1. The minimum Gasteiger partial charge on any atom is -1.00 e. The number of carbonyl (C=O) groups excluding carboxylic acids is 3. The zero-order chi connectivity index (χ0) is 20.6. The van der Waals surface area contributed by atoms with Crippen LogP contribution in [0, 0.1) is 0 Å². The average Bonchev–Trinajstić information content (AvgIpc) is 2.92. The molecule has 2 saturated heterocycles. The van der Waals surface area contributed by atoms with Gasteiger partial charge in [0.2, 0.25) is 17.7 Å². The fourth-order valence-electron chi connectivity index (χ4n) is 3.55. The molecular weight excluding hydrogens is 407 g/mol. The van der Waals surface area contributed by atoms with E-state index in [0.29, 0.717) is 5.56 Å². The number of carboxylic acids is 1. The number of β-lactam (4-membered cyclic amide) rings is 1. The van der Waals surface area contributed by atoms with Crippen molar-refractivity contribution in [1.82, 2.24) is 15.5 Å². The van der Waals surface area contributed by atoms with Crippen LogP contribution >= 0.6 is 11.8 Å². The number of nitrogens with zero attached hydrogens (tertiary/aromatic N) is 1. The molecule has 2 heterocycles. The van der Waals surface area contributed by atoms with Crippen molar-refractivity contribution >= 4 is 35.5 Å². The molecule has 0 bridgehead atoms. The van der Waals surface area contributed by atoms with Crippen molar-refractivity contribution in [3.8, 4) is 0 Å². The number of hydrogen-bond donors (Lipinski definition) is 4. The first-order valence-corrected chi connectivity index (χ1v) is 9.63. The van der Waals surface area contributed by atoms with E-state index < -0.39 is 51.9 Å². The van der Waals surface area contributed by atoms with Crippen LogP contribution in [0.1, 0.15) is 26.9 Å². The van der Waals surface area contributed by atoms with Crippen molar-refractivity contribution in [2.45, 2.75) is 42.1 Å². The summed E-state index contributed by atoms with van der Waals surface area (Å²) < 4.78 is -0.682. The molecule has 9 nitrogen and oxygen atoms in total. The maximum Gasteiger partial charge on any atom is 1.00 e. The second-order valence-electron chi connectivity index (χ2n) is 7.20. The number of fused-ring (bicyclic) bond motifs is 1. The minimum absolute atomic E-state index is 0. The molecule has 152 valence electrons. The summed E-state index contributed by atoms with van der Waals surface area (Å²) in [6.07, 6.45) is 0. The van der Waals surface area contributed by atoms with Crippen LogP contribution in [-0.4, -0.2) is 62.4 Å². The van der Waals surface area contributed by atoms with Crippen molar-refractivity contribution in [1.29, 1.82) is 0 Å². The van der Waals surface area contributed by atoms with Crippen molar-refractivity contribution in [3.63, 3.8) is 0 Å². The molecule has 0 saturated carbocycles. The number of hydrogen-bond acceptors (Lipinski definition) is 6. The van der Waals surface area contributed by atoms with Gasteiger partial charge in [-0.2, -0.15) is 0 Å². The van der Waals surface area contributed by atoms with E-state index in [9.17, 15) is 24.3 Å². The van der Waals surface area contributed by atoms with Crippen molar-refractivity contribution in [3.05, 3.63) is 35.9 Å². The van der Waals surface area contributed by atoms with Crippen LogP contribution in [0.25, 0.3) is 0 Å². The van der Waals surface area contributed by atoms with Gasteiger partial charge < -0.3 is 27.8 Å². The molecule has 2 aliphatic heterocycles.